The Morgan fingerprint density at radius 2 is 2.07 bits per heavy atom. The Balaban J connectivity index is 3.63. The molecule has 0 aromatic rings. The number of hydrogen-bond donors (Lipinski definition) is 2. The fraction of sp³-hybridized carbons (Fsp3) is 1.00. The van der Waals surface area contributed by atoms with Crippen LogP contribution in [0, 0.1) is 0 Å². The monoisotopic (exact) mass is 203 g/mol. The summed E-state index contributed by atoms with van der Waals surface area (Å²) in [5.74, 6) is 0. The summed E-state index contributed by atoms with van der Waals surface area (Å²) in [6, 6.07) is 0. The highest BCUT2D eigenvalue weighted by atomic mass is 16.5. The number of nitrogens with one attached hydrogen (secondary N) is 1. The third-order valence-electron chi connectivity index (χ3n) is 2.13. The van der Waals surface area contributed by atoms with Crippen molar-refractivity contribution in [3.05, 3.63) is 0 Å². The minimum Gasteiger partial charge on any atom is -0.386 e. The fourth-order valence-corrected chi connectivity index (χ4v) is 1.26. The van der Waals surface area contributed by atoms with Crippen molar-refractivity contribution in [3.63, 3.8) is 0 Å². The number of ether oxygens (including phenoxy) is 1. The van der Waals surface area contributed by atoms with Gasteiger partial charge in [0.1, 0.15) is 0 Å². The Labute approximate surface area is 87.8 Å². The smallest absolute Gasteiger partial charge is 0.0975 e. The standard InChI is InChI=1S/C11H25NO2/c1-5-7-10(3)14-9-11(4,13)8-12-6-2/h10,12-13H,5-9H2,1-4H3. The van der Waals surface area contributed by atoms with Gasteiger partial charge in [-0.1, -0.05) is 20.3 Å². The first kappa shape index (κ1) is 13.9. The molecule has 0 fully saturated rings. The van der Waals surface area contributed by atoms with Gasteiger partial charge in [0.25, 0.3) is 0 Å². The van der Waals surface area contributed by atoms with Gasteiger partial charge in [-0.3, -0.25) is 0 Å². The summed E-state index contributed by atoms with van der Waals surface area (Å²) in [6.45, 7) is 9.87. The van der Waals surface area contributed by atoms with Crippen molar-refractivity contribution in [1.29, 1.82) is 0 Å². The van der Waals surface area contributed by atoms with Crippen LogP contribution in [-0.2, 0) is 4.74 Å². The maximum absolute atomic E-state index is 9.88. The van der Waals surface area contributed by atoms with Crippen molar-refractivity contribution in [3.8, 4) is 0 Å². The molecule has 3 heteroatoms. The zero-order valence-electron chi connectivity index (χ0n) is 9.97. The zero-order valence-corrected chi connectivity index (χ0v) is 9.97. The van der Waals surface area contributed by atoms with Crippen molar-refractivity contribution < 1.29 is 9.84 Å². The molecule has 2 unspecified atom stereocenters. The second-order valence-electron chi connectivity index (χ2n) is 4.19. The minimum absolute atomic E-state index is 0.244. The van der Waals surface area contributed by atoms with Crippen LogP contribution in [-0.4, -0.2) is 36.5 Å². The maximum atomic E-state index is 9.88. The molecule has 3 nitrogen and oxygen atoms in total. The molecule has 0 amide bonds. The van der Waals surface area contributed by atoms with E-state index in [9.17, 15) is 5.11 Å². The van der Waals surface area contributed by atoms with Crippen LogP contribution in [0.3, 0.4) is 0 Å². The minimum atomic E-state index is -0.752. The van der Waals surface area contributed by atoms with Crippen LogP contribution in [0.2, 0.25) is 0 Å². The predicted molar refractivity (Wildman–Crippen MR) is 59.5 cm³/mol. The van der Waals surface area contributed by atoms with E-state index >= 15 is 0 Å². The van der Waals surface area contributed by atoms with Gasteiger partial charge in [-0.15, -0.1) is 0 Å². The van der Waals surface area contributed by atoms with Crippen LogP contribution >= 0.6 is 0 Å². The van der Waals surface area contributed by atoms with Gasteiger partial charge in [0.15, 0.2) is 0 Å². The molecule has 2 N–H and O–H groups in total. The van der Waals surface area contributed by atoms with Crippen LogP contribution in [0.25, 0.3) is 0 Å². The number of likely N-dealkylation sites (N-methyl/N-ethyl adjacent to an activating group) is 1. The molecule has 2 atom stereocenters. The van der Waals surface area contributed by atoms with E-state index in [1.165, 1.54) is 0 Å². The third kappa shape index (κ3) is 7.30. The molecule has 0 aromatic carbocycles. The van der Waals surface area contributed by atoms with Gasteiger partial charge in [-0.25, -0.2) is 0 Å². The molecule has 0 rings (SSSR count). The quantitative estimate of drug-likeness (QED) is 0.629. The third-order valence-corrected chi connectivity index (χ3v) is 2.13. The van der Waals surface area contributed by atoms with Crippen LogP contribution in [0.4, 0.5) is 0 Å². The normalized spacial score (nSPS) is 17.8. The van der Waals surface area contributed by atoms with Gasteiger partial charge in [-0.05, 0) is 26.8 Å². The van der Waals surface area contributed by atoms with E-state index in [1.807, 2.05) is 13.8 Å². The van der Waals surface area contributed by atoms with Gasteiger partial charge >= 0.3 is 0 Å². The number of rotatable bonds is 8. The van der Waals surface area contributed by atoms with E-state index in [2.05, 4.69) is 12.2 Å². The molecule has 0 aliphatic carbocycles. The summed E-state index contributed by atoms with van der Waals surface area (Å²) in [5, 5.41) is 13.0. The highest BCUT2D eigenvalue weighted by Crippen LogP contribution is 2.07. The summed E-state index contributed by atoms with van der Waals surface area (Å²) in [4.78, 5) is 0. The lowest BCUT2D eigenvalue weighted by atomic mass is 10.1. The Morgan fingerprint density at radius 3 is 2.57 bits per heavy atom. The van der Waals surface area contributed by atoms with E-state index in [1.54, 1.807) is 6.92 Å². The van der Waals surface area contributed by atoms with Crippen LogP contribution in [0.5, 0.6) is 0 Å². The fourth-order valence-electron chi connectivity index (χ4n) is 1.26. The van der Waals surface area contributed by atoms with Crippen molar-refractivity contribution in [1.82, 2.24) is 5.32 Å². The summed E-state index contributed by atoms with van der Waals surface area (Å²) < 4.78 is 5.55. The molecule has 0 spiro atoms. The Bertz CT molecular complexity index is 137. The van der Waals surface area contributed by atoms with E-state index < -0.39 is 5.60 Å². The van der Waals surface area contributed by atoms with Crippen LogP contribution < -0.4 is 5.32 Å². The van der Waals surface area contributed by atoms with Gasteiger partial charge in [0.05, 0.1) is 18.3 Å². The van der Waals surface area contributed by atoms with Gasteiger partial charge in [0.2, 0.25) is 0 Å². The summed E-state index contributed by atoms with van der Waals surface area (Å²) in [7, 11) is 0. The molecule has 0 aliphatic rings. The van der Waals surface area contributed by atoms with Crippen molar-refractivity contribution >= 4 is 0 Å². The Morgan fingerprint density at radius 1 is 1.43 bits per heavy atom. The highest BCUT2D eigenvalue weighted by molar-refractivity contribution is 4.74. The molecule has 0 radical (unpaired) electrons. The van der Waals surface area contributed by atoms with Crippen molar-refractivity contribution in [2.24, 2.45) is 0 Å². The van der Waals surface area contributed by atoms with Crippen LogP contribution in [0.1, 0.15) is 40.5 Å². The second kappa shape index (κ2) is 7.21. The van der Waals surface area contributed by atoms with E-state index in [0.29, 0.717) is 13.2 Å². The van der Waals surface area contributed by atoms with Crippen LogP contribution in [0.15, 0.2) is 0 Å². The first-order valence-corrected chi connectivity index (χ1v) is 5.56. The zero-order chi connectivity index (χ0) is 11.0. The maximum Gasteiger partial charge on any atom is 0.0975 e. The lowest BCUT2D eigenvalue weighted by molar-refractivity contribution is -0.0584. The molecule has 0 heterocycles. The SMILES string of the molecule is CCCC(C)OCC(C)(O)CNCC. The summed E-state index contributed by atoms with van der Waals surface area (Å²) in [6.07, 6.45) is 2.42. The Hall–Kier alpha value is -0.120. The lowest BCUT2D eigenvalue weighted by Gasteiger charge is -2.25. The molecule has 0 bridgehead atoms. The molecular formula is C11H25NO2. The average Bonchev–Trinajstić information content (AvgIpc) is 2.13. The van der Waals surface area contributed by atoms with Gasteiger partial charge in [0, 0.05) is 6.54 Å². The molecule has 14 heavy (non-hydrogen) atoms. The largest absolute Gasteiger partial charge is 0.386 e. The number of hydrogen-bond acceptors (Lipinski definition) is 3. The van der Waals surface area contributed by atoms with Gasteiger partial charge < -0.3 is 15.2 Å². The molecular weight excluding hydrogens is 178 g/mol. The summed E-state index contributed by atoms with van der Waals surface area (Å²) in [5.41, 5.74) is -0.752. The highest BCUT2D eigenvalue weighted by Gasteiger charge is 2.20. The topological polar surface area (TPSA) is 41.5 Å². The summed E-state index contributed by atoms with van der Waals surface area (Å²) >= 11 is 0. The Kier molecular flexibility index (Phi) is 7.15. The van der Waals surface area contributed by atoms with E-state index in [-0.39, 0.29) is 6.10 Å². The van der Waals surface area contributed by atoms with Gasteiger partial charge in [-0.2, -0.15) is 0 Å². The first-order chi connectivity index (χ1) is 6.52. The molecule has 86 valence electrons. The number of aliphatic hydroxyl groups is 1. The first-order valence-electron chi connectivity index (χ1n) is 5.56. The van der Waals surface area contributed by atoms with Crippen molar-refractivity contribution in [2.75, 3.05) is 19.7 Å². The predicted octanol–water partition coefficient (Wildman–Crippen LogP) is 1.55. The van der Waals surface area contributed by atoms with Crippen molar-refractivity contribution in [2.45, 2.75) is 52.2 Å². The lowest BCUT2D eigenvalue weighted by Crippen LogP contribution is -2.42. The average molecular weight is 203 g/mol. The van der Waals surface area contributed by atoms with E-state index in [0.717, 1.165) is 19.4 Å². The van der Waals surface area contributed by atoms with E-state index in [4.69, 9.17) is 4.74 Å². The molecule has 0 aliphatic heterocycles. The second-order valence-corrected chi connectivity index (χ2v) is 4.19. The molecule has 0 saturated carbocycles. The molecule has 0 aromatic heterocycles. The molecule has 0 saturated heterocycles.